The van der Waals surface area contributed by atoms with Crippen molar-refractivity contribution >= 4 is 11.6 Å². The molecular formula is C22H23N3O4. The zero-order valence-electron chi connectivity index (χ0n) is 16.1. The molecule has 7 nitrogen and oxygen atoms in total. The quantitative estimate of drug-likeness (QED) is 0.623. The van der Waals surface area contributed by atoms with Crippen molar-refractivity contribution < 1.29 is 14.8 Å². The number of hydrogen-bond donors (Lipinski definition) is 1. The molecule has 0 saturated heterocycles. The summed E-state index contributed by atoms with van der Waals surface area (Å²) in [5, 5.41) is 21.8. The average Bonchev–Trinajstić information content (AvgIpc) is 3.35. The number of fused-ring (bicyclic) bond motifs is 3. The van der Waals surface area contributed by atoms with Crippen molar-refractivity contribution in [3.8, 4) is 0 Å². The molecule has 2 heterocycles. The maximum Gasteiger partial charge on any atom is 0.270 e. The van der Waals surface area contributed by atoms with Gasteiger partial charge >= 0.3 is 0 Å². The summed E-state index contributed by atoms with van der Waals surface area (Å²) in [5.41, 5.74) is 3.75. The molecular weight excluding hydrogens is 370 g/mol. The van der Waals surface area contributed by atoms with Gasteiger partial charge in [-0.2, -0.15) is 0 Å². The second-order valence-electron chi connectivity index (χ2n) is 8.55. The van der Waals surface area contributed by atoms with E-state index in [1.807, 2.05) is 12.1 Å². The lowest BCUT2D eigenvalue weighted by atomic mass is 9.86. The lowest BCUT2D eigenvalue weighted by Gasteiger charge is -2.36. The van der Waals surface area contributed by atoms with E-state index < -0.39 is 11.0 Å². The number of amides is 1. The minimum absolute atomic E-state index is 0.0647. The maximum atomic E-state index is 13.0. The monoisotopic (exact) mass is 393 g/mol. The minimum atomic E-state index is -0.663. The van der Waals surface area contributed by atoms with Crippen LogP contribution in [0.4, 0.5) is 5.69 Å². The normalized spacial score (nSPS) is 20.4. The Morgan fingerprint density at radius 2 is 1.79 bits per heavy atom. The predicted octanol–water partition coefficient (Wildman–Crippen LogP) is 2.46. The van der Waals surface area contributed by atoms with E-state index in [2.05, 4.69) is 17.0 Å². The van der Waals surface area contributed by atoms with Gasteiger partial charge in [-0.25, -0.2) is 0 Å². The third-order valence-electron chi connectivity index (χ3n) is 6.46. The Kier molecular flexibility index (Phi) is 4.18. The molecule has 1 amide bonds. The molecule has 1 fully saturated rings. The highest BCUT2D eigenvalue weighted by atomic mass is 16.6. The number of nitro benzene ring substituents is 1. The molecule has 1 atom stereocenters. The predicted molar refractivity (Wildman–Crippen MR) is 106 cm³/mol. The maximum absolute atomic E-state index is 13.0. The number of non-ortho nitro benzene ring substituents is 1. The lowest BCUT2D eigenvalue weighted by molar-refractivity contribution is -0.384. The van der Waals surface area contributed by atoms with Crippen LogP contribution in [0.3, 0.4) is 0 Å². The fourth-order valence-electron chi connectivity index (χ4n) is 4.85. The van der Waals surface area contributed by atoms with Gasteiger partial charge in [0.05, 0.1) is 16.6 Å². The van der Waals surface area contributed by atoms with E-state index in [9.17, 15) is 20.0 Å². The number of β-amino-alcohol motifs (C(OH)–C–C–N with tert-alkyl or cyclic N) is 1. The van der Waals surface area contributed by atoms with Crippen LogP contribution in [-0.4, -0.2) is 51.5 Å². The van der Waals surface area contributed by atoms with Gasteiger partial charge in [0.25, 0.3) is 11.6 Å². The van der Waals surface area contributed by atoms with Crippen molar-refractivity contribution in [2.24, 2.45) is 0 Å². The van der Waals surface area contributed by atoms with Crippen LogP contribution < -0.4 is 0 Å². The van der Waals surface area contributed by atoms with Gasteiger partial charge < -0.3 is 10.0 Å². The highest BCUT2D eigenvalue weighted by molar-refractivity contribution is 5.98. The van der Waals surface area contributed by atoms with Gasteiger partial charge in [-0.05, 0) is 29.5 Å². The third-order valence-corrected chi connectivity index (χ3v) is 6.46. The summed E-state index contributed by atoms with van der Waals surface area (Å²) in [5.74, 6) is -0.218. The first-order valence-electron chi connectivity index (χ1n) is 10.0. The van der Waals surface area contributed by atoms with E-state index in [0.29, 0.717) is 18.7 Å². The molecule has 2 aliphatic heterocycles. The number of nitro groups is 1. The number of rotatable bonds is 5. The highest BCUT2D eigenvalue weighted by Crippen LogP contribution is 2.52. The van der Waals surface area contributed by atoms with Crippen molar-refractivity contribution in [3.05, 3.63) is 74.8 Å². The number of aliphatic hydroxyl groups excluding tert-OH is 1. The molecule has 1 saturated carbocycles. The van der Waals surface area contributed by atoms with Crippen molar-refractivity contribution in [1.82, 2.24) is 9.80 Å². The Morgan fingerprint density at radius 3 is 2.41 bits per heavy atom. The Labute approximate surface area is 168 Å². The van der Waals surface area contributed by atoms with Crippen molar-refractivity contribution in [2.45, 2.75) is 37.5 Å². The van der Waals surface area contributed by atoms with Crippen LogP contribution in [0.25, 0.3) is 0 Å². The molecule has 2 aromatic carbocycles. The fourth-order valence-corrected chi connectivity index (χ4v) is 4.85. The third kappa shape index (κ3) is 3.20. The molecule has 7 heteroatoms. The SMILES string of the molecule is O=C1c2cc([N+](=O)[O-])ccc2C2(CC2)CN1CC(O)CN1Cc2ccccc2C1. The molecule has 29 heavy (non-hydrogen) atoms. The Hall–Kier alpha value is -2.77. The van der Waals surface area contributed by atoms with Gasteiger partial charge in [0.15, 0.2) is 0 Å². The van der Waals surface area contributed by atoms with Crippen LogP contribution in [0, 0.1) is 10.1 Å². The van der Waals surface area contributed by atoms with E-state index in [4.69, 9.17) is 0 Å². The first-order chi connectivity index (χ1) is 13.9. The second-order valence-corrected chi connectivity index (χ2v) is 8.55. The van der Waals surface area contributed by atoms with E-state index >= 15 is 0 Å². The molecule has 150 valence electrons. The van der Waals surface area contributed by atoms with Crippen molar-refractivity contribution in [1.29, 1.82) is 0 Å². The molecule has 1 unspecified atom stereocenters. The molecule has 0 radical (unpaired) electrons. The molecule has 3 aliphatic rings. The Bertz CT molecular complexity index is 976. The molecule has 2 aromatic rings. The van der Waals surface area contributed by atoms with Gasteiger partial charge in [0.1, 0.15) is 0 Å². The lowest BCUT2D eigenvalue weighted by Crippen LogP contribution is -2.48. The second kappa shape index (κ2) is 6.64. The topological polar surface area (TPSA) is 86.9 Å². The summed E-state index contributed by atoms with van der Waals surface area (Å²) in [7, 11) is 0. The summed E-state index contributed by atoms with van der Waals surface area (Å²) in [4.78, 5) is 27.6. The van der Waals surface area contributed by atoms with Crippen molar-refractivity contribution in [3.63, 3.8) is 0 Å². The number of carbonyl (C=O) groups is 1. The highest BCUT2D eigenvalue weighted by Gasteiger charge is 2.51. The van der Waals surface area contributed by atoms with Crippen LogP contribution >= 0.6 is 0 Å². The van der Waals surface area contributed by atoms with Gasteiger partial charge in [-0.1, -0.05) is 30.3 Å². The molecule has 1 spiro atoms. The van der Waals surface area contributed by atoms with E-state index in [1.54, 1.807) is 11.0 Å². The summed E-state index contributed by atoms with van der Waals surface area (Å²) < 4.78 is 0. The summed E-state index contributed by atoms with van der Waals surface area (Å²) in [6.07, 6.45) is 1.28. The van der Waals surface area contributed by atoms with E-state index in [-0.39, 0.29) is 23.6 Å². The Balaban J connectivity index is 1.30. The van der Waals surface area contributed by atoms with Crippen LogP contribution in [0.5, 0.6) is 0 Å². The fraction of sp³-hybridized carbons (Fsp3) is 0.409. The standard InChI is InChI=1S/C22H23N3O4/c26-18(12-23-10-15-3-1-2-4-16(15)11-23)13-24-14-22(7-8-22)20-6-5-17(25(28)29)9-19(20)21(24)27/h1-6,9,18,26H,7-8,10-14H2. The van der Waals surface area contributed by atoms with Crippen LogP contribution in [0.1, 0.15) is 39.9 Å². The first kappa shape index (κ1) is 18.3. The average molecular weight is 393 g/mol. The van der Waals surface area contributed by atoms with Crippen LogP contribution in [0.2, 0.25) is 0 Å². The number of aliphatic hydroxyl groups is 1. The Morgan fingerprint density at radius 1 is 1.10 bits per heavy atom. The van der Waals surface area contributed by atoms with Crippen LogP contribution in [-0.2, 0) is 18.5 Å². The molecule has 0 aromatic heterocycles. The van der Waals surface area contributed by atoms with Gasteiger partial charge in [0, 0.05) is 50.3 Å². The largest absolute Gasteiger partial charge is 0.390 e. The summed E-state index contributed by atoms with van der Waals surface area (Å²) in [6, 6.07) is 12.9. The minimum Gasteiger partial charge on any atom is -0.390 e. The van der Waals surface area contributed by atoms with Crippen molar-refractivity contribution in [2.75, 3.05) is 19.6 Å². The van der Waals surface area contributed by atoms with Gasteiger partial charge in [-0.3, -0.25) is 19.8 Å². The molecule has 5 rings (SSSR count). The van der Waals surface area contributed by atoms with Gasteiger partial charge in [0.2, 0.25) is 0 Å². The first-order valence-corrected chi connectivity index (χ1v) is 10.0. The zero-order valence-corrected chi connectivity index (χ0v) is 16.1. The van der Waals surface area contributed by atoms with Crippen LogP contribution in [0.15, 0.2) is 42.5 Å². The number of carbonyl (C=O) groups excluding carboxylic acids is 1. The van der Waals surface area contributed by atoms with E-state index in [1.165, 1.54) is 23.3 Å². The summed E-state index contributed by atoms with van der Waals surface area (Å²) in [6.45, 7) is 2.93. The smallest absolute Gasteiger partial charge is 0.270 e. The number of nitrogens with zero attached hydrogens (tertiary/aromatic N) is 3. The van der Waals surface area contributed by atoms with Gasteiger partial charge in [-0.15, -0.1) is 0 Å². The number of benzene rings is 2. The molecule has 1 aliphatic carbocycles. The molecule has 0 bridgehead atoms. The molecule has 1 N–H and O–H groups in total. The summed E-state index contributed by atoms with van der Waals surface area (Å²) >= 11 is 0. The number of hydrogen-bond acceptors (Lipinski definition) is 5. The zero-order chi connectivity index (χ0) is 20.2. The van der Waals surface area contributed by atoms with E-state index in [0.717, 1.165) is 31.5 Å².